The predicted molar refractivity (Wildman–Crippen MR) is 75.3 cm³/mol. The zero-order valence-electron chi connectivity index (χ0n) is 11.5. The smallest absolute Gasteiger partial charge is 0.407 e. The molecule has 0 aliphatic heterocycles. The average Bonchev–Trinajstić information content (AvgIpc) is 2.26. The van der Waals surface area contributed by atoms with E-state index in [0.717, 1.165) is 11.1 Å². The fourth-order valence-corrected chi connectivity index (χ4v) is 1.80. The Bertz CT molecular complexity index is 441. The van der Waals surface area contributed by atoms with Crippen molar-refractivity contribution in [1.29, 1.82) is 0 Å². The number of aliphatic hydroxyl groups is 1. The molecule has 0 radical (unpaired) electrons. The molecule has 0 unspecified atom stereocenters. The maximum Gasteiger partial charge on any atom is 0.407 e. The summed E-state index contributed by atoms with van der Waals surface area (Å²) in [5, 5.41) is 12.3. The Kier molecular flexibility index (Phi) is 5.63. The molecule has 5 heteroatoms. The zero-order valence-corrected chi connectivity index (χ0v) is 12.3. The van der Waals surface area contributed by atoms with E-state index in [4.69, 9.17) is 21.4 Å². The summed E-state index contributed by atoms with van der Waals surface area (Å²) in [5.74, 6) is 0. The van der Waals surface area contributed by atoms with Crippen LogP contribution >= 0.6 is 11.6 Å². The fourth-order valence-electron chi connectivity index (χ4n) is 1.60. The Labute approximate surface area is 118 Å². The summed E-state index contributed by atoms with van der Waals surface area (Å²) in [7, 11) is 0. The van der Waals surface area contributed by atoms with Gasteiger partial charge in [-0.05, 0) is 50.5 Å². The van der Waals surface area contributed by atoms with Crippen molar-refractivity contribution in [3.63, 3.8) is 0 Å². The van der Waals surface area contributed by atoms with Crippen LogP contribution in [0.15, 0.2) is 18.2 Å². The third kappa shape index (κ3) is 5.94. The van der Waals surface area contributed by atoms with Crippen LogP contribution in [-0.4, -0.2) is 23.4 Å². The molecule has 0 aliphatic rings. The molecule has 106 valence electrons. The van der Waals surface area contributed by atoms with Gasteiger partial charge in [-0.2, -0.15) is 0 Å². The maximum atomic E-state index is 11.6. The number of benzene rings is 1. The molecular formula is C14H20ClNO3. The summed E-state index contributed by atoms with van der Waals surface area (Å²) < 4.78 is 5.16. The largest absolute Gasteiger partial charge is 0.444 e. The number of carbonyl (C=O) groups is 1. The number of ether oxygens (including phenoxy) is 1. The summed E-state index contributed by atoms with van der Waals surface area (Å²) in [6, 6.07) is 5.39. The van der Waals surface area contributed by atoms with Gasteiger partial charge >= 0.3 is 6.09 Å². The van der Waals surface area contributed by atoms with Crippen molar-refractivity contribution < 1.29 is 14.6 Å². The standard InChI is InChI=1S/C14H20ClNO3/c1-14(2,3)19-13(18)16-9-11-4-5-12(15)8-10(11)6-7-17/h4-5,8,17H,6-7,9H2,1-3H3,(H,16,18). The van der Waals surface area contributed by atoms with Crippen LogP contribution in [0.3, 0.4) is 0 Å². The summed E-state index contributed by atoms with van der Waals surface area (Å²) in [4.78, 5) is 11.6. The Morgan fingerprint density at radius 2 is 2.05 bits per heavy atom. The molecule has 1 aromatic carbocycles. The SMILES string of the molecule is CC(C)(C)OC(=O)NCc1ccc(Cl)cc1CCO. The lowest BCUT2D eigenvalue weighted by Gasteiger charge is -2.20. The second-order valence-corrected chi connectivity index (χ2v) is 5.68. The van der Waals surface area contributed by atoms with Crippen LogP contribution in [0.25, 0.3) is 0 Å². The van der Waals surface area contributed by atoms with Crippen molar-refractivity contribution in [1.82, 2.24) is 5.32 Å². The number of hydrogen-bond acceptors (Lipinski definition) is 3. The fraction of sp³-hybridized carbons (Fsp3) is 0.500. The highest BCUT2D eigenvalue weighted by molar-refractivity contribution is 6.30. The van der Waals surface area contributed by atoms with E-state index in [2.05, 4.69) is 5.32 Å². The van der Waals surface area contributed by atoms with Gasteiger partial charge in [-0.3, -0.25) is 0 Å². The van der Waals surface area contributed by atoms with Crippen molar-refractivity contribution in [3.8, 4) is 0 Å². The van der Waals surface area contributed by atoms with Crippen LogP contribution in [0.4, 0.5) is 4.79 Å². The minimum absolute atomic E-state index is 0.0414. The minimum Gasteiger partial charge on any atom is -0.444 e. The van der Waals surface area contributed by atoms with E-state index in [9.17, 15) is 4.79 Å². The number of hydrogen-bond donors (Lipinski definition) is 2. The molecule has 1 amide bonds. The molecule has 0 bridgehead atoms. The van der Waals surface area contributed by atoms with Crippen molar-refractivity contribution in [2.45, 2.75) is 39.3 Å². The maximum absolute atomic E-state index is 11.6. The number of aliphatic hydroxyl groups excluding tert-OH is 1. The first-order valence-electron chi connectivity index (χ1n) is 6.17. The molecule has 1 rings (SSSR count). The van der Waals surface area contributed by atoms with E-state index in [-0.39, 0.29) is 6.61 Å². The van der Waals surface area contributed by atoms with Gasteiger partial charge in [0.15, 0.2) is 0 Å². The molecule has 0 aliphatic carbocycles. The monoisotopic (exact) mass is 285 g/mol. The Balaban J connectivity index is 2.64. The van der Waals surface area contributed by atoms with Crippen molar-refractivity contribution in [2.24, 2.45) is 0 Å². The van der Waals surface area contributed by atoms with Crippen LogP contribution in [0.1, 0.15) is 31.9 Å². The highest BCUT2D eigenvalue weighted by atomic mass is 35.5. The third-order valence-electron chi connectivity index (χ3n) is 2.37. The molecule has 0 saturated carbocycles. The number of rotatable bonds is 4. The summed E-state index contributed by atoms with van der Waals surface area (Å²) in [6.07, 6.45) is 0.0451. The first-order chi connectivity index (χ1) is 8.81. The first-order valence-corrected chi connectivity index (χ1v) is 6.54. The van der Waals surface area contributed by atoms with E-state index >= 15 is 0 Å². The van der Waals surface area contributed by atoms with Crippen molar-refractivity contribution in [3.05, 3.63) is 34.3 Å². The van der Waals surface area contributed by atoms with Gasteiger partial charge in [0.2, 0.25) is 0 Å². The van der Waals surface area contributed by atoms with Gasteiger partial charge in [0, 0.05) is 18.2 Å². The topological polar surface area (TPSA) is 58.6 Å². The first kappa shape index (κ1) is 15.8. The van der Waals surface area contributed by atoms with Gasteiger partial charge in [-0.25, -0.2) is 4.79 Å². The molecule has 2 N–H and O–H groups in total. The van der Waals surface area contributed by atoms with Crippen molar-refractivity contribution >= 4 is 17.7 Å². The van der Waals surface area contributed by atoms with E-state index in [1.54, 1.807) is 12.1 Å². The summed E-state index contributed by atoms with van der Waals surface area (Å²) in [5.41, 5.74) is 1.33. The van der Waals surface area contributed by atoms with E-state index in [1.807, 2.05) is 26.8 Å². The lowest BCUT2D eigenvalue weighted by atomic mass is 10.1. The number of amides is 1. The molecule has 0 heterocycles. The lowest BCUT2D eigenvalue weighted by Crippen LogP contribution is -2.32. The average molecular weight is 286 g/mol. The number of carbonyl (C=O) groups excluding carboxylic acids is 1. The molecule has 0 aromatic heterocycles. The van der Waals surface area contributed by atoms with Gasteiger partial charge in [-0.15, -0.1) is 0 Å². The molecule has 19 heavy (non-hydrogen) atoms. The number of halogens is 1. The van der Waals surface area contributed by atoms with Gasteiger partial charge in [-0.1, -0.05) is 17.7 Å². The Morgan fingerprint density at radius 1 is 1.37 bits per heavy atom. The number of alkyl carbamates (subject to hydrolysis) is 1. The van der Waals surface area contributed by atoms with Crippen LogP contribution in [0, 0.1) is 0 Å². The Morgan fingerprint density at radius 3 is 2.63 bits per heavy atom. The third-order valence-corrected chi connectivity index (χ3v) is 2.61. The van der Waals surface area contributed by atoms with Gasteiger partial charge in [0.1, 0.15) is 5.60 Å². The van der Waals surface area contributed by atoms with Crippen molar-refractivity contribution in [2.75, 3.05) is 6.61 Å². The predicted octanol–water partition coefficient (Wildman–Crippen LogP) is 2.90. The van der Waals surface area contributed by atoms with Gasteiger partial charge < -0.3 is 15.2 Å². The van der Waals surface area contributed by atoms with Gasteiger partial charge in [0.25, 0.3) is 0 Å². The van der Waals surface area contributed by atoms with E-state index < -0.39 is 11.7 Å². The van der Waals surface area contributed by atoms with Crippen LogP contribution in [0.2, 0.25) is 5.02 Å². The molecule has 4 nitrogen and oxygen atoms in total. The lowest BCUT2D eigenvalue weighted by molar-refractivity contribution is 0.0523. The summed E-state index contributed by atoms with van der Waals surface area (Å²) >= 11 is 5.91. The summed E-state index contributed by atoms with van der Waals surface area (Å²) in [6.45, 7) is 5.82. The van der Waals surface area contributed by atoms with E-state index in [0.29, 0.717) is 18.0 Å². The molecule has 1 aromatic rings. The quantitative estimate of drug-likeness (QED) is 0.894. The second-order valence-electron chi connectivity index (χ2n) is 5.24. The van der Waals surface area contributed by atoms with Gasteiger partial charge in [0.05, 0.1) is 0 Å². The Hall–Kier alpha value is -1.26. The highest BCUT2D eigenvalue weighted by Gasteiger charge is 2.16. The zero-order chi connectivity index (χ0) is 14.5. The van der Waals surface area contributed by atoms with E-state index in [1.165, 1.54) is 0 Å². The molecule has 0 atom stereocenters. The van der Waals surface area contributed by atoms with Crippen LogP contribution < -0.4 is 5.32 Å². The highest BCUT2D eigenvalue weighted by Crippen LogP contribution is 2.17. The molecule has 0 saturated heterocycles. The number of nitrogens with one attached hydrogen (secondary N) is 1. The molecule has 0 fully saturated rings. The van der Waals surface area contributed by atoms with Crippen LogP contribution in [-0.2, 0) is 17.7 Å². The minimum atomic E-state index is -0.516. The molecule has 0 spiro atoms. The normalized spacial score (nSPS) is 11.2. The van der Waals surface area contributed by atoms with Crippen LogP contribution in [0.5, 0.6) is 0 Å². The molecular weight excluding hydrogens is 266 g/mol. The second kappa shape index (κ2) is 6.78.